The molecule has 4 nitrogen and oxygen atoms in total. The van der Waals surface area contributed by atoms with Crippen LogP contribution in [0.3, 0.4) is 0 Å². The van der Waals surface area contributed by atoms with Crippen molar-refractivity contribution in [3.8, 4) is 0 Å². The van der Waals surface area contributed by atoms with Gasteiger partial charge in [-0.15, -0.1) is 0 Å². The fourth-order valence-electron chi connectivity index (χ4n) is 2.89. The predicted octanol–water partition coefficient (Wildman–Crippen LogP) is 0.435. The highest BCUT2D eigenvalue weighted by Gasteiger charge is 2.68. The molecule has 5 atom stereocenters. The summed E-state index contributed by atoms with van der Waals surface area (Å²) in [4.78, 5) is 11.8. The monoisotopic (exact) mass is 198 g/mol. The van der Waals surface area contributed by atoms with Gasteiger partial charge in [0.1, 0.15) is 11.4 Å². The molecule has 0 amide bonds. The Morgan fingerprint density at radius 1 is 1.50 bits per heavy atom. The molecular formula is C10H14O4. The smallest absolute Gasteiger partial charge is 0.198 e. The van der Waals surface area contributed by atoms with Crippen LogP contribution < -0.4 is 0 Å². The van der Waals surface area contributed by atoms with Gasteiger partial charge in [0.25, 0.3) is 0 Å². The number of Topliss-reactive ketones (excluding diaryl/α,β-unsaturated/α-hetero) is 1. The number of carbonyl (C=O) groups is 1. The highest BCUT2D eigenvalue weighted by molar-refractivity contribution is 5.84. The average Bonchev–Trinajstić information content (AvgIpc) is 2.26. The third-order valence-corrected chi connectivity index (χ3v) is 4.00. The third-order valence-electron chi connectivity index (χ3n) is 4.00. The maximum absolute atomic E-state index is 11.8. The first-order valence-corrected chi connectivity index (χ1v) is 5.06. The van der Waals surface area contributed by atoms with Crippen LogP contribution in [0.5, 0.6) is 0 Å². The summed E-state index contributed by atoms with van der Waals surface area (Å²) in [6.45, 7) is 3.71. The lowest BCUT2D eigenvalue weighted by molar-refractivity contribution is -0.266. The highest BCUT2D eigenvalue weighted by atomic mass is 16.8. The fraction of sp³-hybridized carbons (Fsp3) is 0.900. The van der Waals surface area contributed by atoms with E-state index in [1.807, 2.05) is 6.92 Å². The quantitative estimate of drug-likeness (QED) is 0.613. The van der Waals surface area contributed by atoms with Crippen LogP contribution in [0.15, 0.2) is 0 Å². The molecule has 0 radical (unpaired) electrons. The van der Waals surface area contributed by atoms with Crippen molar-refractivity contribution in [2.24, 2.45) is 11.8 Å². The van der Waals surface area contributed by atoms with Crippen molar-refractivity contribution >= 4 is 5.78 Å². The lowest BCUT2D eigenvalue weighted by Gasteiger charge is -2.44. The van der Waals surface area contributed by atoms with E-state index in [0.29, 0.717) is 6.42 Å². The molecular weight excluding hydrogens is 184 g/mol. The molecule has 0 aromatic rings. The minimum Gasteiger partial charge on any atom is -0.363 e. The Hall–Kier alpha value is -0.450. The standard InChI is InChI=1S/C10H14O4/c1-5-6-3-10(12)9(2,4-7(6)11)13-8(5)14-10/h5-6,8,12H,3-4H2,1-2H3/t5?,6-,8?,9-,10+/m0/s1. The SMILES string of the molecule is CC1C2O[C@]3(O)C[C@@H]1C(=O)C[C@]3(C)O2. The maximum Gasteiger partial charge on any atom is 0.198 e. The van der Waals surface area contributed by atoms with Crippen LogP contribution in [-0.2, 0) is 14.3 Å². The van der Waals surface area contributed by atoms with Gasteiger partial charge < -0.3 is 14.6 Å². The summed E-state index contributed by atoms with van der Waals surface area (Å²) in [6.07, 6.45) is 0.254. The number of aliphatic hydroxyl groups is 1. The van der Waals surface area contributed by atoms with Crippen LogP contribution in [0, 0.1) is 11.8 Å². The molecule has 0 aromatic carbocycles. The summed E-state index contributed by atoms with van der Waals surface area (Å²) in [7, 11) is 0. The zero-order chi connectivity index (χ0) is 10.1. The number of ether oxygens (including phenoxy) is 2. The first-order chi connectivity index (χ1) is 6.45. The lowest BCUT2D eigenvalue weighted by atomic mass is 9.70. The van der Waals surface area contributed by atoms with Crippen molar-refractivity contribution < 1.29 is 19.4 Å². The Bertz CT molecular complexity index is 315. The van der Waals surface area contributed by atoms with E-state index in [9.17, 15) is 9.90 Å². The molecule has 2 heterocycles. The maximum atomic E-state index is 11.8. The number of hydrogen-bond donors (Lipinski definition) is 1. The zero-order valence-electron chi connectivity index (χ0n) is 8.32. The first kappa shape index (κ1) is 8.83. The van der Waals surface area contributed by atoms with E-state index in [-0.39, 0.29) is 24.0 Å². The molecule has 1 saturated carbocycles. The van der Waals surface area contributed by atoms with Gasteiger partial charge in [0.2, 0.25) is 0 Å². The Morgan fingerprint density at radius 3 is 2.93 bits per heavy atom. The molecule has 1 N–H and O–H groups in total. The van der Waals surface area contributed by atoms with Crippen LogP contribution in [0.25, 0.3) is 0 Å². The van der Waals surface area contributed by atoms with Gasteiger partial charge in [-0.3, -0.25) is 4.79 Å². The molecule has 0 aromatic heterocycles. The topological polar surface area (TPSA) is 55.8 Å². The van der Waals surface area contributed by atoms with Gasteiger partial charge in [0, 0.05) is 24.7 Å². The van der Waals surface area contributed by atoms with Gasteiger partial charge in [-0.05, 0) is 6.92 Å². The number of rotatable bonds is 0. The van der Waals surface area contributed by atoms with E-state index in [1.165, 1.54) is 0 Å². The molecule has 2 unspecified atom stereocenters. The van der Waals surface area contributed by atoms with Crippen molar-refractivity contribution in [1.82, 2.24) is 0 Å². The lowest BCUT2D eigenvalue weighted by Crippen LogP contribution is -2.58. The number of carbonyl (C=O) groups excluding carboxylic acids is 1. The van der Waals surface area contributed by atoms with Gasteiger partial charge in [-0.25, -0.2) is 0 Å². The first-order valence-electron chi connectivity index (χ1n) is 5.06. The van der Waals surface area contributed by atoms with Crippen molar-refractivity contribution in [3.05, 3.63) is 0 Å². The van der Waals surface area contributed by atoms with E-state index in [4.69, 9.17) is 9.47 Å². The minimum absolute atomic E-state index is 0.0621. The molecule has 4 heteroatoms. The van der Waals surface area contributed by atoms with E-state index >= 15 is 0 Å². The fourth-order valence-corrected chi connectivity index (χ4v) is 2.89. The van der Waals surface area contributed by atoms with Crippen molar-refractivity contribution in [2.75, 3.05) is 0 Å². The van der Waals surface area contributed by atoms with E-state index in [0.717, 1.165) is 0 Å². The second-order valence-electron chi connectivity index (χ2n) is 4.93. The van der Waals surface area contributed by atoms with Gasteiger partial charge in [-0.2, -0.15) is 0 Å². The molecule has 3 aliphatic rings. The van der Waals surface area contributed by atoms with Crippen LogP contribution >= 0.6 is 0 Å². The summed E-state index contributed by atoms with van der Waals surface area (Å²) < 4.78 is 11.1. The molecule has 3 rings (SSSR count). The van der Waals surface area contributed by atoms with Crippen LogP contribution in [0.4, 0.5) is 0 Å². The average molecular weight is 198 g/mol. The van der Waals surface area contributed by atoms with Crippen molar-refractivity contribution in [3.63, 3.8) is 0 Å². The molecule has 1 aliphatic carbocycles. The second-order valence-corrected chi connectivity index (χ2v) is 4.93. The Balaban J connectivity index is 2.11. The highest BCUT2D eigenvalue weighted by Crippen LogP contribution is 2.55. The minimum atomic E-state index is -1.23. The third kappa shape index (κ3) is 0.782. The summed E-state index contributed by atoms with van der Waals surface area (Å²) in [6, 6.07) is 0. The number of fused-ring (bicyclic) bond motifs is 2. The van der Waals surface area contributed by atoms with Gasteiger partial charge in [-0.1, -0.05) is 6.92 Å². The largest absolute Gasteiger partial charge is 0.363 e. The van der Waals surface area contributed by atoms with Gasteiger partial charge in [0.05, 0.1) is 0 Å². The summed E-state index contributed by atoms with van der Waals surface area (Å²) in [5.74, 6) is -1.06. The predicted molar refractivity (Wildman–Crippen MR) is 46.2 cm³/mol. The Labute approximate surface area is 82.2 Å². The van der Waals surface area contributed by atoms with Crippen LogP contribution in [-0.4, -0.2) is 28.6 Å². The molecule has 2 saturated heterocycles. The molecule has 0 spiro atoms. The van der Waals surface area contributed by atoms with Crippen LogP contribution in [0.1, 0.15) is 26.7 Å². The number of ketones is 1. The van der Waals surface area contributed by atoms with Crippen molar-refractivity contribution in [1.29, 1.82) is 0 Å². The molecule has 14 heavy (non-hydrogen) atoms. The molecule has 3 bridgehead atoms. The van der Waals surface area contributed by atoms with E-state index in [2.05, 4.69) is 0 Å². The molecule has 2 aliphatic heterocycles. The zero-order valence-corrected chi connectivity index (χ0v) is 8.32. The number of hydrogen-bond acceptors (Lipinski definition) is 4. The summed E-state index contributed by atoms with van der Waals surface area (Å²) in [5.41, 5.74) is -0.823. The Morgan fingerprint density at radius 2 is 2.21 bits per heavy atom. The molecule has 78 valence electrons. The molecule has 3 fully saturated rings. The Kier molecular flexibility index (Phi) is 1.39. The van der Waals surface area contributed by atoms with E-state index < -0.39 is 17.7 Å². The van der Waals surface area contributed by atoms with Crippen molar-refractivity contribution in [2.45, 2.75) is 44.4 Å². The summed E-state index contributed by atoms with van der Waals surface area (Å²) in [5, 5.41) is 10.2. The normalized spacial score (nSPS) is 60.8. The second kappa shape index (κ2) is 2.21. The van der Waals surface area contributed by atoms with Crippen LogP contribution in [0.2, 0.25) is 0 Å². The van der Waals surface area contributed by atoms with Gasteiger partial charge in [0.15, 0.2) is 12.1 Å². The van der Waals surface area contributed by atoms with Gasteiger partial charge >= 0.3 is 0 Å². The summed E-state index contributed by atoms with van der Waals surface area (Å²) >= 11 is 0. The van der Waals surface area contributed by atoms with E-state index in [1.54, 1.807) is 6.92 Å².